The van der Waals surface area contributed by atoms with Gasteiger partial charge in [-0.3, -0.25) is 9.78 Å². The number of hydrogen-bond donors (Lipinski definition) is 3. The molecule has 5 rings (SSSR count). The zero-order valence-corrected chi connectivity index (χ0v) is 23.8. The number of pyridine rings is 1. The van der Waals surface area contributed by atoms with Gasteiger partial charge in [-0.25, -0.2) is 9.97 Å². The first-order chi connectivity index (χ1) is 20.4. The number of carbonyl (C=O) groups is 1. The van der Waals surface area contributed by atoms with E-state index >= 15 is 0 Å². The molecule has 0 saturated carbocycles. The standard InChI is InChI=1S/C31H29ClN6O4/c1-4-28(39)38-25-13-20(8-10-27(25)42-19(2)16-40-3)23-15-34-30-29(23)31(36-18-35-30)37-21-9-11-26(24(32)14-21)41-17-22-7-5-6-12-33-22/h4-15,18-19H,1,16-17H2,2-3H3,(H,38,39)(H2,34,35,36,37). The third kappa shape index (κ3) is 6.68. The zero-order valence-electron chi connectivity index (χ0n) is 23.1. The Morgan fingerprint density at radius 3 is 2.74 bits per heavy atom. The molecule has 0 aliphatic heterocycles. The van der Waals surface area contributed by atoms with Gasteiger partial charge in [-0.15, -0.1) is 0 Å². The monoisotopic (exact) mass is 584 g/mol. The van der Waals surface area contributed by atoms with E-state index in [1.807, 2.05) is 49.5 Å². The van der Waals surface area contributed by atoms with Gasteiger partial charge in [0.05, 0.1) is 28.4 Å². The summed E-state index contributed by atoms with van der Waals surface area (Å²) in [6.45, 7) is 6.14. The van der Waals surface area contributed by atoms with Crippen LogP contribution in [-0.4, -0.2) is 45.7 Å². The highest BCUT2D eigenvalue weighted by molar-refractivity contribution is 6.32. The summed E-state index contributed by atoms with van der Waals surface area (Å²) in [5.74, 6) is 1.26. The van der Waals surface area contributed by atoms with Crippen molar-refractivity contribution in [3.05, 3.63) is 96.7 Å². The average Bonchev–Trinajstić information content (AvgIpc) is 3.43. The third-order valence-corrected chi connectivity index (χ3v) is 6.52. The van der Waals surface area contributed by atoms with E-state index in [4.69, 9.17) is 25.8 Å². The molecule has 0 radical (unpaired) electrons. The van der Waals surface area contributed by atoms with Crippen LogP contribution in [0.15, 0.2) is 86.0 Å². The van der Waals surface area contributed by atoms with Crippen molar-refractivity contribution in [2.24, 2.45) is 0 Å². The van der Waals surface area contributed by atoms with E-state index in [-0.39, 0.29) is 12.0 Å². The summed E-state index contributed by atoms with van der Waals surface area (Å²) in [5, 5.41) is 7.38. The Bertz CT molecular complexity index is 1710. The van der Waals surface area contributed by atoms with Crippen LogP contribution in [0, 0.1) is 0 Å². The first-order valence-electron chi connectivity index (χ1n) is 13.1. The van der Waals surface area contributed by atoms with Crippen LogP contribution < -0.4 is 20.1 Å². The van der Waals surface area contributed by atoms with Crippen LogP contribution in [0.25, 0.3) is 22.2 Å². The second-order valence-corrected chi connectivity index (χ2v) is 9.72. The molecule has 5 aromatic rings. The number of hydrogen-bond acceptors (Lipinski definition) is 8. The smallest absolute Gasteiger partial charge is 0.247 e. The Balaban J connectivity index is 1.43. The Hall–Kier alpha value is -4.93. The summed E-state index contributed by atoms with van der Waals surface area (Å²) in [4.78, 5) is 28.6. The minimum absolute atomic E-state index is 0.226. The van der Waals surface area contributed by atoms with Gasteiger partial charge in [0.1, 0.15) is 42.0 Å². The molecule has 214 valence electrons. The highest BCUT2D eigenvalue weighted by Crippen LogP contribution is 2.38. The molecule has 0 aliphatic rings. The van der Waals surface area contributed by atoms with Gasteiger partial charge in [-0.2, -0.15) is 0 Å². The lowest BCUT2D eigenvalue weighted by molar-refractivity contribution is -0.111. The van der Waals surface area contributed by atoms with Crippen molar-refractivity contribution in [1.29, 1.82) is 0 Å². The molecule has 1 unspecified atom stereocenters. The number of nitrogens with zero attached hydrogens (tertiary/aromatic N) is 3. The van der Waals surface area contributed by atoms with E-state index in [9.17, 15) is 4.79 Å². The Morgan fingerprint density at radius 2 is 1.98 bits per heavy atom. The zero-order chi connectivity index (χ0) is 29.5. The molecule has 3 aromatic heterocycles. The molecule has 0 aliphatic carbocycles. The SMILES string of the molecule is C=CC(=O)Nc1cc(-c2c[nH]c3ncnc(Nc4ccc(OCc5ccccn5)c(Cl)c4)c23)ccc1OC(C)COC. The molecule has 0 bridgehead atoms. The van der Waals surface area contributed by atoms with Crippen molar-refractivity contribution in [3.8, 4) is 22.6 Å². The number of ether oxygens (including phenoxy) is 3. The highest BCUT2D eigenvalue weighted by atomic mass is 35.5. The molecule has 3 N–H and O–H groups in total. The quantitative estimate of drug-likeness (QED) is 0.141. The van der Waals surface area contributed by atoms with Gasteiger partial charge in [0.25, 0.3) is 0 Å². The minimum atomic E-state index is -0.356. The molecule has 1 amide bonds. The largest absolute Gasteiger partial charge is 0.486 e. The van der Waals surface area contributed by atoms with Crippen LogP contribution in [-0.2, 0) is 16.1 Å². The summed E-state index contributed by atoms with van der Waals surface area (Å²) in [6.07, 6.45) is 6.01. The van der Waals surface area contributed by atoms with Crippen molar-refractivity contribution < 1.29 is 19.0 Å². The number of nitrogens with one attached hydrogen (secondary N) is 3. The molecule has 2 aromatic carbocycles. The number of rotatable bonds is 12. The molecular formula is C31H29ClN6O4. The molecule has 0 fully saturated rings. The number of aromatic amines is 1. The van der Waals surface area contributed by atoms with E-state index in [0.717, 1.165) is 22.2 Å². The summed E-state index contributed by atoms with van der Waals surface area (Å²) < 4.78 is 17.0. The van der Waals surface area contributed by atoms with Gasteiger partial charge < -0.3 is 29.8 Å². The summed E-state index contributed by atoms with van der Waals surface area (Å²) in [7, 11) is 1.61. The minimum Gasteiger partial charge on any atom is -0.486 e. The van der Waals surface area contributed by atoms with Crippen LogP contribution in [0.2, 0.25) is 5.02 Å². The van der Waals surface area contributed by atoms with Crippen molar-refractivity contribution in [1.82, 2.24) is 19.9 Å². The lowest BCUT2D eigenvalue weighted by Gasteiger charge is -2.18. The van der Waals surface area contributed by atoms with E-state index < -0.39 is 0 Å². The second-order valence-electron chi connectivity index (χ2n) is 9.32. The molecule has 0 spiro atoms. The highest BCUT2D eigenvalue weighted by Gasteiger charge is 2.17. The topological polar surface area (TPSA) is 123 Å². The maximum atomic E-state index is 12.2. The van der Waals surface area contributed by atoms with Gasteiger partial charge in [0.15, 0.2) is 0 Å². The fourth-order valence-corrected chi connectivity index (χ4v) is 4.56. The van der Waals surface area contributed by atoms with Crippen LogP contribution in [0.3, 0.4) is 0 Å². The third-order valence-electron chi connectivity index (χ3n) is 6.23. The van der Waals surface area contributed by atoms with Crippen molar-refractivity contribution in [2.45, 2.75) is 19.6 Å². The van der Waals surface area contributed by atoms with Crippen LogP contribution in [0.1, 0.15) is 12.6 Å². The van der Waals surface area contributed by atoms with Gasteiger partial charge in [0, 0.05) is 30.8 Å². The van der Waals surface area contributed by atoms with Crippen molar-refractivity contribution >= 4 is 45.7 Å². The Kier molecular flexibility index (Phi) is 8.96. The summed E-state index contributed by atoms with van der Waals surface area (Å²) >= 11 is 6.54. The summed E-state index contributed by atoms with van der Waals surface area (Å²) in [5.41, 5.74) is 4.27. The number of H-pyrrole nitrogens is 1. The molecule has 11 heteroatoms. The van der Waals surface area contributed by atoms with E-state index in [0.29, 0.717) is 52.6 Å². The first-order valence-corrected chi connectivity index (χ1v) is 13.5. The van der Waals surface area contributed by atoms with Gasteiger partial charge >= 0.3 is 0 Å². The Morgan fingerprint density at radius 1 is 1.12 bits per heavy atom. The number of aromatic nitrogens is 4. The number of anilines is 3. The van der Waals surface area contributed by atoms with E-state index in [1.165, 1.54) is 12.4 Å². The number of halogens is 1. The van der Waals surface area contributed by atoms with Gasteiger partial charge in [-0.05, 0) is 61.0 Å². The van der Waals surface area contributed by atoms with E-state index in [1.54, 1.807) is 31.5 Å². The molecular weight excluding hydrogens is 556 g/mol. The van der Waals surface area contributed by atoms with Crippen LogP contribution >= 0.6 is 11.6 Å². The molecule has 10 nitrogen and oxygen atoms in total. The normalized spacial score (nSPS) is 11.6. The van der Waals surface area contributed by atoms with Crippen LogP contribution in [0.4, 0.5) is 17.2 Å². The van der Waals surface area contributed by atoms with Crippen LogP contribution in [0.5, 0.6) is 11.5 Å². The number of benzene rings is 2. The number of methoxy groups -OCH3 is 1. The maximum Gasteiger partial charge on any atom is 0.247 e. The number of carbonyl (C=O) groups excluding carboxylic acids is 1. The second kappa shape index (κ2) is 13.2. The first kappa shape index (κ1) is 28.6. The van der Waals surface area contributed by atoms with Crippen molar-refractivity contribution in [2.75, 3.05) is 24.4 Å². The maximum absolute atomic E-state index is 12.2. The number of fused-ring (bicyclic) bond motifs is 1. The number of amides is 1. The molecule has 0 saturated heterocycles. The summed E-state index contributed by atoms with van der Waals surface area (Å²) in [6, 6.07) is 16.6. The molecule has 42 heavy (non-hydrogen) atoms. The van der Waals surface area contributed by atoms with Gasteiger partial charge in [0.2, 0.25) is 5.91 Å². The lowest BCUT2D eigenvalue weighted by atomic mass is 10.0. The van der Waals surface area contributed by atoms with Gasteiger partial charge in [-0.1, -0.05) is 30.3 Å². The Labute approximate surface area is 247 Å². The predicted molar refractivity (Wildman–Crippen MR) is 163 cm³/mol. The van der Waals surface area contributed by atoms with E-state index in [2.05, 4.69) is 37.1 Å². The fraction of sp³-hybridized carbons (Fsp3) is 0.161. The lowest BCUT2D eigenvalue weighted by Crippen LogP contribution is -2.19. The van der Waals surface area contributed by atoms with Crippen molar-refractivity contribution in [3.63, 3.8) is 0 Å². The molecule has 1 atom stereocenters. The predicted octanol–water partition coefficient (Wildman–Crippen LogP) is 6.53. The molecule has 3 heterocycles. The fourth-order valence-electron chi connectivity index (χ4n) is 4.32. The average molecular weight is 585 g/mol.